The smallest absolute Gasteiger partial charge is 0.335 e. The molecule has 108 valence electrons. The summed E-state index contributed by atoms with van der Waals surface area (Å²) < 4.78 is 0.884. The molecule has 6 heteroatoms. The zero-order valence-corrected chi connectivity index (χ0v) is 13.7. The first-order valence-electron chi connectivity index (χ1n) is 6.03. The molecule has 4 nitrogen and oxygen atoms in total. The monoisotopic (exact) mass is 415 g/mol. The Morgan fingerprint density at radius 2 is 1.71 bits per heavy atom. The highest BCUT2D eigenvalue weighted by Crippen LogP contribution is 2.19. The van der Waals surface area contributed by atoms with Crippen LogP contribution in [0, 0.1) is 3.57 Å². The molecule has 0 fully saturated rings. The minimum absolute atomic E-state index is 0.217. The van der Waals surface area contributed by atoms with Crippen LogP contribution in [0.3, 0.4) is 0 Å². The molecule has 0 aliphatic carbocycles. The summed E-state index contributed by atoms with van der Waals surface area (Å²) in [5.41, 5.74) is 1.53. The first-order chi connectivity index (χ1) is 9.97. The van der Waals surface area contributed by atoms with Gasteiger partial charge in [-0.2, -0.15) is 0 Å². The second kappa shape index (κ2) is 6.91. The van der Waals surface area contributed by atoms with Gasteiger partial charge in [0.15, 0.2) is 0 Å². The molecule has 0 saturated heterocycles. The predicted molar refractivity (Wildman–Crippen MR) is 88.7 cm³/mol. The van der Waals surface area contributed by atoms with Crippen molar-refractivity contribution in [1.82, 2.24) is 5.32 Å². The number of carboxylic acid groups (broad SMARTS) is 1. The first kappa shape index (κ1) is 15.8. The number of nitrogens with one attached hydrogen (secondary N) is 1. The molecule has 0 unspecified atom stereocenters. The topological polar surface area (TPSA) is 66.4 Å². The highest BCUT2D eigenvalue weighted by Gasteiger charge is 2.08. The highest BCUT2D eigenvalue weighted by molar-refractivity contribution is 14.1. The molecule has 2 aromatic carbocycles. The molecule has 2 rings (SSSR count). The number of aromatic carboxylic acids is 1. The molecule has 0 saturated carbocycles. The average molecular weight is 416 g/mol. The Hall–Kier alpha value is -1.60. The fraction of sp³-hybridized carbons (Fsp3) is 0.0667. The van der Waals surface area contributed by atoms with Crippen molar-refractivity contribution in [3.8, 4) is 0 Å². The van der Waals surface area contributed by atoms with Gasteiger partial charge in [0.2, 0.25) is 0 Å². The van der Waals surface area contributed by atoms with Gasteiger partial charge in [-0.1, -0.05) is 23.7 Å². The standard InChI is InChI=1S/C15H11ClINO3/c16-12-7-11(5-6-13(12)17)14(19)18-8-9-1-3-10(4-2-9)15(20)21/h1-7H,8H2,(H,18,19)(H,20,21). The summed E-state index contributed by atoms with van der Waals surface area (Å²) in [7, 11) is 0. The van der Waals surface area contributed by atoms with Gasteiger partial charge in [0.1, 0.15) is 0 Å². The Balaban J connectivity index is 2.00. The summed E-state index contributed by atoms with van der Waals surface area (Å²) in [6.07, 6.45) is 0. The lowest BCUT2D eigenvalue weighted by Crippen LogP contribution is -2.22. The summed E-state index contributed by atoms with van der Waals surface area (Å²) in [6.45, 7) is 0.322. The fourth-order valence-electron chi connectivity index (χ4n) is 1.69. The molecule has 0 aliphatic heterocycles. The maximum absolute atomic E-state index is 12.0. The summed E-state index contributed by atoms with van der Waals surface area (Å²) in [5, 5.41) is 12.1. The highest BCUT2D eigenvalue weighted by atomic mass is 127. The molecule has 1 amide bonds. The number of hydrogen-bond acceptors (Lipinski definition) is 2. The number of rotatable bonds is 4. The van der Waals surface area contributed by atoms with Crippen LogP contribution in [-0.4, -0.2) is 17.0 Å². The zero-order chi connectivity index (χ0) is 15.4. The van der Waals surface area contributed by atoms with Crippen molar-refractivity contribution in [2.75, 3.05) is 0 Å². The molecule has 2 N–H and O–H groups in total. The van der Waals surface area contributed by atoms with Crippen molar-refractivity contribution in [2.24, 2.45) is 0 Å². The van der Waals surface area contributed by atoms with E-state index in [-0.39, 0.29) is 11.5 Å². The molecule has 21 heavy (non-hydrogen) atoms. The van der Waals surface area contributed by atoms with Crippen LogP contribution in [0.1, 0.15) is 26.3 Å². The molecule has 0 spiro atoms. The quantitative estimate of drug-likeness (QED) is 0.750. The van der Waals surface area contributed by atoms with Gasteiger partial charge in [0.05, 0.1) is 10.6 Å². The van der Waals surface area contributed by atoms with Crippen LogP contribution >= 0.6 is 34.2 Å². The maximum atomic E-state index is 12.0. The molecular weight excluding hydrogens is 405 g/mol. The molecule has 0 bridgehead atoms. The second-order valence-electron chi connectivity index (χ2n) is 4.31. The van der Waals surface area contributed by atoms with E-state index >= 15 is 0 Å². The van der Waals surface area contributed by atoms with Crippen LogP contribution in [0.4, 0.5) is 0 Å². The van der Waals surface area contributed by atoms with E-state index in [0.717, 1.165) is 9.13 Å². The number of hydrogen-bond donors (Lipinski definition) is 2. The maximum Gasteiger partial charge on any atom is 0.335 e. The number of halogens is 2. The van der Waals surface area contributed by atoms with Crippen LogP contribution < -0.4 is 5.32 Å². The number of carbonyl (C=O) groups excluding carboxylic acids is 1. The summed E-state index contributed by atoms with van der Waals surface area (Å²) in [4.78, 5) is 22.7. The predicted octanol–water partition coefficient (Wildman–Crippen LogP) is 3.57. The third-order valence-corrected chi connectivity index (χ3v) is 4.41. The van der Waals surface area contributed by atoms with E-state index in [1.165, 1.54) is 12.1 Å². The van der Waals surface area contributed by atoms with Gasteiger partial charge in [0, 0.05) is 15.7 Å². The molecule has 0 aliphatic rings. The number of carboxylic acids is 1. The molecule has 0 heterocycles. The van der Waals surface area contributed by atoms with Crippen molar-refractivity contribution in [3.05, 3.63) is 67.7 Å². The Morgan fingerprint density at radius 3 is 2.29 bits per heavy atom. The van der Waals surface area contributed by atoms with Gasteiger partial charge in [-0.05, 0) is 58.5 Å². The molecular formula is C15H11ClINO3. The molecule has 2 aromatic rings. The Morgan fingerprint density at radius 1 is 1.10 bits per heavy atom. The molecule has 0 atom stereocenters. The summed E-state index contributed by atoms with van der Waals surface area (Å²) in [5.74, 6) is -1.20. The van der Waals surface area contributed by atoms with Gasteiger partial charge in [-0.25, -0.2) is 4.79 Å². The first-order valence-corrected chi connectivity index (χ1v) is 7.48. The van der Waals surface area contributed by atoms with E-state index in [9.17, 15) is 9.59 Å². The fourth-order valence-corrected chi connectivity index (χ4v) is 2.20. The van der Waals surface area contributed by atoms with Gasteiger partial charge < -0.3 is 10.4 Å². The zero-order valence-electron chi connectivity index (χ0n) is 10.8. The second-order valence-corrected chi connectivity index (χ2v) is 5.88. The summed E-state index contributed by atoms with van der Waals surface area (Å²) in [6, 6.07) is 11.5. The van der Waals surface area contributed by atoms with Crippen molar-refractivity contribution < 1.29 is 14.7 Å². The summed E-state index contributed by atoms with van der Waals surface area (Å²) >= 11 is 8.07. The molecule has 0 radical (unpaired) electrons. The minimum Gasteiger partial charge on any atom is -0.478 e. The van der Waals surface area contributed by atoms with Gasteiger partial charge in [-0.15, -0.1) is 0 Å². The SMILES string of the molecule is O=C(O)c1ccc(CNC(=O)c2ccc(I)c(Cl)c2)cc1. The van der Waals surface area contributed by atoms with Crippen molar-refractivity contribution >= 4 is 46.1 Å². The van der Waals surface area contributed by atoms with Crippen LogP contribution in [0.25, 0.3) is 0 Å². The third-order valence-electron chi connectivity index (χ3n) is 2.84. The van der Waals surface area contributed by atoms with Crippen molar-refractivity contribution in [3.63, 3.8) is 0 Å². The van der Waals surface area contributed by atoms with E-state index in [2.05, 4.69) is 27.9 Å². The van der Waals surface area contributed by atoms with E-state index < -0.39 is 5.97 Å². The lowest BCUT2D eigenvalue weighted by atomic mass is 10.1. The Labute approximate surface area is 140 Å². The van der Waals surface area contributed by atoms with E-state index in [4.69, 9.17) is 16.7 Å². The van der Waals surface area contributed by atoms with E-state index in [1.54, 1.807) is 30.3 Å². The van der Waals surface area contributed by atoms with Crippen LogP contribution in [0.5, 0.6) is 0 Å². The van der Waals surface area contributed by atoms with E-state index in [0.29, 0.717) is 17.1 Å². The van der Waals surface area contributed by atoms with Gasteiger partial charge in [-0.3, -0.25) is 4.79 Å². The number of amides is 1. The van der Waals surface area contributed by atoms with Crippen LogP contribution in [0.2, 0.25) is 5.02 Å². The Bertz CT molecular complexity index is 686. The Kier molecular flexibility index (Phi) is 5.19. The number of carbonyl (C=O) groups is 2. The third kappa shape index (κ3) is 4.18. The average Bonchev–Trinajstić information content (AvgIpc) is 2.48. The lowest BCUT2D eigenvalue weighted by molar-refractivity contribution is 0.0696. The van der Waals surface area contributed by atoms with Crippen LogP contribution in [0.15, 0.2) is 42.5 Å². The van der Waals surface area contributed by atoms with Crippen LogP contribution in [-0.2, 0) is 6.54 Å². The minimum atomic E-state index is -0.973. The van der Waals surface area contributed by atoms with Crippen molar-refractivity contribution in [2.45, 2.75) is 6.54 Å². The van der Waals surface area contributed by atoms with Gasteiger partial charge >= 0.3 is 5.97 Å². The molecule has 0 aromatic heterocycles. The number of benzene rings is 2. The lowest BCUT2D eigenvalue weighted by Gasteiger charge is -2.07. The largest absolute Gasteiger partial charge is 0.478 e. The van der Waals surface area contributed by atoms with E-state index in [1.807, 2.05) is 0 Å². The van der Waals surface area contributed by atoms with Gasteiger partial charge in [0.25, 0.3) is 5.91 Å². The normalized spacial score (nSPS) is 10.2. The van der Waals surface area contributed by atoms with Crippen molar-refractivity contribution in [1.29, 1.82) is 0 Å².